The molecule has 0 aliphatic heterocycles. The van der Waals surface area contributed by atoms with Crippen LogP contribution in [0.3, 0.4) is 0 Å². The monoisotopic (exact) mass is 263 g/mol. The molecular weight excluding hydrogens is 245 g/mol. The van der Waals surface area contributed by atoms with Crippen molar-refractivity contribution >= 4 is 11.3 Å². The molecule has 0 saturated heterocycles. The van der Waals surface area contributed by atoms with E-state index in [4.69, 9.17) is 0 Å². The van der Waals surface area contributed by atoms with Gasteiger partial charge in [0.25, 0.3) is 0 Å². The van der Waals surface area contributed by atoms with Gasteiger partial charge in [-0.3, -0.25) is 0 Å². The molecule has 0 bridgehead atoms. The van der Waals surface area contributed by atoms with E-state index in [9.17, 15) is 4.39 Å². The van der Waals surface area contributed by atoms with Crippen molar-refractivity contribution in [2.75, 3.05) is 0 Å². The largest absolute Gasteiger partial charge is 0.306 e. The highest BCUT2D eigenvalue weighted by Crippen LogP contribution is 2.19. The summed E-state index contributed by atoms with van der Waals surface area (Å²) in [5, 5.41) is 7.88. The summed E-state index contributed by atoms with van der Waals surface area (Å²) >= 11 is 1.73. The lowest BCUT2D eigenvalue weighted by molar-refractivity contribution is 0.517. The van der Waals surface area contributed by atoms with Crippen LogP contribution in [0.1, 0.15) is 36.1 Å². The van der Waals surface area contributed by atoms with Crippen molar-refractivity contribution in [2.45, 2.75) is 32.9 Å². The zero-order valence-electron chi connectivity index (χ0n) is 10.7. The van der Waals surface area contributed by atoms with E-state index in [0.29, 0.717) is 0 Å². The highest BCUT2D eigenvalue weighted by Gasteiger charge is 2.09. The summed E-state index contributed by atoms with van der Waals surface area (Å²) in [6.45, 7) is 5.14. The molecule has 0 aliphatic carbocycles. The topological polar surface area (TPSA) is 12.0 Å². The molecule has 1 atom stereocenters. The van der Waals surface area contributed by atoms with Crippen LogP contribution in [0.5, 0.6) is 0 Å². The van der Waals surface area contributed by atoms with Crippen LogP contribution >= 0.6 is 11.3 Å². The summed E-state index contributed by atoms with van der Waals surface area (Å²) in [5.41, 5.74) is 3.83. The molecule has 0 amide bonds. The number of hydrogen-bond acceptors (Lipinski definition) is 2. The van der Waals surface area contributed by atoms with Crippen LogP contribution in [-0.4, -0.2) is 0 Å². The highest BCUT2D eigenvalue weighted by molar-refractivity contribution is 7.08. The molecule has 1 nitrogen and oxygen atoms in total. The van der Waals surface area contributed by atoms with Crippen LogP contribution in [0.15, 0.2) is 35.0 Å². The first kappa shape index (κ1) is 13.2. The van der Waals surface area contributed by atoms with Crippen LogP contribution in [0, 0.1) is 12.7 Å². The van der Waals surface area contributed by atoms with E-state index in [2.05, 4.69) is 29.9 Å². The summed E-state index contributed by atoms with van der Waals surface area (Å²) in [4.78, 5) is 0. The minimum atomic E-state index is -0.178. The summed E-state index contributed by atoms with van der Waals surface area (Å²) in [5.74, 6) is -0.178. The van der Waals surface area contributed by atoms with Gasteiger partial charge in [-0.05, 0) is 52.9 Å². The Labute approximate surface area is 112 Å². The number of rotatable bonds is 5. The molecule has 0 radical (unpaired) electrons. The third-order valence-electron chi connectivity index (χ3n) is 3.18. The second kappa shape index (κ2) is 6.12. The molecule has 1 heterocycles. The molecule has 3 heteroatoms. The first-order valence-electron chi connectivity index (χ1n) is 6.21. The van der Waals surface area contributed by atoms with Gasteiger partial charge in [0, 0.05) is 12.6 Å². The lowest BCUT2D eigenvalue weighted by atomic mass is 10.0. The van der Waals surface area contributed by atoms with Crippen molar-refractivity contribution in [3.8, 4) is 0 Å². The van der Waals surface area contributed by atoms with Crippen molar-refractivity contribution in [2.24, 2.45) is 0 Å². The minimum Gasteiger partial charge on any atom is -0.306 e. The van der Waals surface area contributed by atoms with Gasteiger partial charge < -0.3 is 5.32 Å². The van der Waals surface area contributed by atoms with E-state index in [-0.39, 0.29) is 11.9 Å². The van der Waals surface area contributed by atoms with E-state index in [1.807, 2.05) is 12.1 Å². The number of halogens is 1. The quantitative estimate of drug-likeness (QED) is 0.841. The van der Waals surface area contributed by atoms with E-state index >= 15 is 0 Å². The number of benzene rings is 1. The maximum Gasteiger partial charge on any atom is 0.123 e. The highest BCUT2D eigenvalue weighted by atomic mass is 32.1. The average molecular weight is 263 g/mol. The first-order valence-corrected chi connectivity index (χ1v) is 7.15. The van der Waals surface area contributed by atoms with Crippen LogP contribution in [-0.2, 0) is 6.54 Å². The molecule has 1 unspecified atom stereocenters. The van der Waals surface area contributed by atoms with Gasteiger partial charge in [0.1, 0.15) is 5.82 Å². The fourth-order valence-electron chi connectivity index (χ4n) is 1.99. The van der Waals surface area contributed by atoms with Gasteiger partial charge in [-0.25, -0.2) is 4.39 Å². The predicted octanol–water partition coefficient (Wildman–Crippen LogP) is 4.44. The van der Waals surface area contributed by atoms with Crippen molar-refractivity contribution in [3.63, 3.8) is 0 Å². The van der Waals surface area contributed by atoms with E-state index < -0.39 is 0 Å². The summed E-state index contributed by atoms with van der Waals surface area (Å²) < 4.78 is 12.9. The van der Waals surface area contributed by atoms with Crippen molar-refractivity contribution in [3.05, 3.63) is 57.5 Å². The van der Waals surface area contributed by atoms with Crippen molar-refractivity contribution < 1.29 is 4.39 Å². The molecular formula is C15H18FNS. The maximum atomic E-state index is 12.9. The van der Waals surface area contributed by atoms with Crippen LogP contribution in [0.4, 0.5) is 4.39 Å². The van der Waals surface area contributed by atoms with Gasteiger partial charge in [-0.2, -0.15) is 11.3 Å². The first-order chi connectivity index (χ1) is 8.70. The Morgan fingerprint density at radius 3 is 2.50 bits per heavy atom. The summed E-state index contributed by atoms with van der Waals surface area (Å²) in [6.07, 6.45) is 0.995. The number of nitrogens with one attached hydrogen (secondary N) is 1. The Morgan fingerprint density at radius 1 is 1.22 bits per heavy atom. The predicted molar refractivity (Wildman–Crippen MR) is 75.3 cm³/mol. The Kier molecular flexibility index (Phi) is 4.50. The average Bonchev–Trinajstić information content (AvgIpc) is 2.78. The molecule has 1 aromatic carbocycles. The number of aryl methyl sites for hydroxylation is 1. The second-order valence-electron chi connectivity index (χ2n) is 4.47. The Hall–Kier alpha value is -1.19. The molecule has 18 heavy (non-hydrogen) atoms. The molecule has 0 saturated carbocycles. The van der Waals surface area contributed by atoms with Crippen molar-refractivity contribution in [1.82, 2.24) is 5.32 Å². The van der Waals surface area contributed by atoms with Gasteiger partial charge in [0.05, 0.1) is 0 Å². The second-order valence-corrected chi connectivity index (χ2v) is 5.22. The Balaban J connectivity index is 2.01. The molecule has 96 valence electrons. The zero-order chi connectivity index (χ0) is 13.0. The van der Waals surface area contributed by atoms with E-state index in [1.54, 1.807) is 11.3 Å². The molecule has 2 aromatic rings. The maximum absolute atomic E-state index is 12.9. The van der Waals surface area contributed by atoms with Gasteiger partial charge in [0.2, 0.25) is 0 Å². The zero-order valence-corrected chi connectivity index (χ0v) is 11.6. The number of hydrogen-bond donors (Lipinski definition) is 1. The van der Waals surface area contributed by atoms with Gasteiger partial charge in [-0.1, -0.05) is 19.1 Å². The van der Waals surface area contributed by atoms with E-state index in [1.165, 1.54) is 23.3 Å². The third kappa shape index (κ3) is 3.18. The minimum absolute atomic E-state index is 0.178. The molecule has 1 aromatic heterocycles. The van der Waals surface area contributed by atoms with Gasteiger partial charge >= 0.3 is 0 Å². The summed E-state index contributed by atoms with van der Waals surface area (Å²) in [7, 11) is 0. The van der Waals surface area contributed by atoms with Gasteiger partial charge in [0.15, 0.2) is 0 Å². The lowest BCUT2D eigenvalue weighted by Crippen LogP contribution is -2.20. The SMILES string of the molecule is CCC(NCc1cscc1C)c1ccc(F)cc1. The lowest BCUT2D eigenvalue weighted by Gasteiger charge is -2.17. The van der Waals surface area contributed by atoms with Gasteiger partial charge in [-0.15, -0.1) is 0 Å². The molecule has 0 aliphatic rings. The van der Waals surface area contributed by atoms with Crippen LogP contribution in [0.2, 0.25) is 0 Å². The van der Waals surface area contributed by atoms with Crippen LogP contribution in [0.25, 0.3) is 0 Å². The number of thiophene rings is 1. The van der Waals surface area contributed by atoms with E-state index in [0.717, 1.165) is 18.5 Å². The fourth-order valence-corrected chi connectivity index (χ4v) is 2.85. The molecule has 0 fully saturated rings. The molecule has 2 rings (SSSR count). The standard InChI is InChI=1S/C15H18FNS/c1-3-15(12-4-6-14(16)7-5-12)17-8-13-10-18-9-11(13)2/h4-7,9-10,15,17H,3,8H2,1-2H3. The Bertz CT molecular complexity index is 489. The molecule has 1 N–H and O–H groups in total. The Morgan fingerprint density at radius 2 is 1.94 bits per heavy atom. The summed E-state index contributed by atoms with van der Waals surface area (Å²) in [6, 6.07) is 7.05. The van der Waals surface area contributed by atoms with Crippen molar-refractivity contribution in [1.29, 1.82) is 0 Å². The normalized spacial score (nSPS) is 12.6. The van der Waals surface area contributed by atoms with Crippen LogP contribution < -0.4 is 5.32 Å². The fraction of sp³-hybridized carbons (Fsp3) is 0.333. The smallest absolute Gasteiger partial charge is 0.123 e. The molecule has 0 spiro atoms. The third-order valence-corrected chi connectivity index (χ3v) is 4.09.